The number of amides is 1. The zero-order valence-electron chi connectivity index (χ0n) is 15.0. The van der Waals surface area contributed by atoms with Gasteiger partial charge in [-0.25, -0.2) is 4.39 Å². The average molecular weight is 407 g/mol. The molecule has 2 saturated heterocycles. The first-order chi connectivity index (χ1) is 11.7. The summed E-state index contributed by atoms with van der Waals surface area (Å²) in [5, 5.41) is 0. The highest BCUT2D eigenvalue weighted by atomic mass is 35.5. The van der Waals surface area contributed by atoms with E-state index in [-0.39, 0.29) is 36.5 Å². The van der Waals surface area contributed by atoms with E-state index < -0.39 is 0 Å². The van der Waals surface area contributed by atoms with E-state index in [4.69, 9.17) is 5.73 Å². The molecule has 1 unspecified atom stereocenters. The Kier molecular flexibility index (Phi) is 9.64. The van der Waals surface area contributed by atoms with Gasteiger partial charge >= 0.3 is 0 Å². The number of piperazine rings is 1. The minimum absolute atomic E-state index is 0. The number of nitrogens with zero attached hydrogens (tertiary/aromatic N) is 3. The molecule has 0 spiro atoms. The molecule has 148 valence electrons. The quantitative estimate of drug-likeness (QED) is 0.831. The summed E-state index contributed by atoms with van der Waals surface area (Å²) in [6.45, 7) is 5.56. The van der Waals surface area contributed by atoms with Crippen molar-refractivity contribution < 1.29 is 9.18 Å². The fraction of sp³-hybridized carbons (Fsp3) is 0.611. The monoisotopic (exact) mass is 406 g/mol. The van der Waals surface area contributed by atoms with E-state index in [0.717, 1.165) is 52.1 Å². The molecule has 0 saturated carbocycles. The predicted octanol–water partition coefficient (Wildman–Crippen LogP) is 2.13. The summed E-state index contributed by atoms with van der Waals surface area (Å²) in [7, 11) is 0. The number of piperidine rings is 1. The molecule has 0 aromatic heterocycles. The molecule has 2 aliphatic rings. The smallest absolute Gasteiger partial charge is 0.223 e. The van der Waals surface area contributed by atoms with Gasteiger partial charge in [0.25, 0.3) is 0 Å². The van der Waals surface area contributed by atoms with E-state index in [1.165, 1.54) is 6.07 Å². The van der Waals surface area contributed by atoms with E-state index in [9.17, 15) is 9.18 Å². The highest BCUT2D eigenvalue weighted by molar-refractivity contribution is 5.85. The van der Waals surface area contributed by atoms with Gasteiger partial charge in [-0.3, -0.25) is 9.69 Å². The molecular formula is C18H29Cl2FN4O. The van der Waals surface area contributed by atoms with Crippen molar-refractivity contribution in [2.24, 2.45) is 5.73 Å². The Bertz CT molecular complexity index is 570. The number of likely N-dealkylation sites (tertiary alicyclic amines) is 1. The molecule has 2 aliphatic heterocycles. The van der Waals surface area contributed by atoms with Gasteiger partial charge in [-0.15, -0.1) is 24.8 Å². The van der Waals surface area contributed by atoms with E-state index in [1.807, 2.05) is 17.0 Å². The average Bonchev–Trinajstić information content (AvgIpc) is 2.63. The van der Waals surface area contributed by atoms with Gasteiger partial charge in [0, 0.05) is 58.3 Å². The molecule has 26 heavy (non-hydrogen) atoms. The summed E-state index contributed by atoms with van der Waals surface area (Å²) in [5.41, 5.74) is 6.20. The maximum atomic E-state index is 13.9. The molecule has 0 radical (unpaired) electrons. The number of anilines is 1. The molecule has 2 fully saturated rings. The van der Waals surface area contributed by atoms with E-state index in [2.05, 4.69) is 9.80 Å². The molecule has 8 heteroatoms. The third-order valence-corrected chi connectivity index (χ3v) is 5.13. The Hall–Kier alpha value is -1.08. The molecule has 3 rings (SSSR count). The summed E-state index contributed by atoms with van der Waals surface area (Å²) >= 11 is 0. The van der Waals surface area contributed by atoms with Crippen molar-refractivity contribution >= 4 is 36.4 Å². The second kappa shape index (κ2) is 10.9. The lowest BCUT2D eigenvalue weighted by atomic mass is 10.0. The number of halogens is 3. The predicted molar refractivity (Wildman–Crippen MR) is 108 cm³/mol. The van der Waals surface area contributed by atoms with Crippen LogP contribution < -0.4 is 10.6 Å². The first-order valence-electron chi connectivity index (χ1n) is 8.90. The minimum atomic E-state index is -0.151. The van der Waals surface area contributed by atoms with E-state index in [1.54, 1.807) is 6.07 Å². The Labute approximate surface area is 167 Å². The van der Waals surface area contributed by atoms with Crippen molar-refractivity contribution in [1.82, 2.24) is 9.80 Å². The van der Waals surface area contributed by atoms with Gasteiger partial charge in [0.1, 0.15) is 5.82 Å². The SMILES string of the molecule is Cl.Cl.NCCC(=O)N1CCCC(N2CCN(c3ccccc3F)CC2)C1. The summed E-state index contributed by atoms with van der Waals surface area (Å²) < 4.78 is 13.9. The van der Waals surface area contributed by atoms with Crippen LogP contribution in [0.3, 0.4) is 0 Å². The van der Waals surface area contributed by atoms with Crippen LogP contribution in [0.2, 0.25) is 0 Å². The largest absolute Gasteiger partial charge is 0.367 e. The second-order valence-corrected chi connectivity index (χ2v) is 6.65. The number of nitrogens with two attached hydrogens (primary N) is 1. The van der Waals surface area contributed by atoms with E-state index >= 15 is 0 Å². The number of para-hydroxylation sites is 1. The Morgan fingerprint density at radius 2 is 1.81 bits per heavy atom. The molecule has 1 aromatic carbocycles. The third-order valence-electron chi connectivity index (χ3n) is 5.13. The lowest BCUT2D eigenvalue weighted by Gasteiger charge is -2.44. The van der Waals surface area contributed by atoms with Crippen molar-refractivity contribution in [3.05, 3.63) is 30.1 Å². The van der Waals surface area contributed by atoms with Gasteiger partial charge in [-0.2, -0.15) is 0 Å². The molecule has 2 N–H and O–H groups in total. The standard InChI is InChI=1S/C18H27FN4O.2ClH/c19-16-5-1-2-6-17(16)22-12-10-21(11-13-22)15-4-3-9-23(14-15)18(24)7-8-20;;/h1-2,5-6,15H,3-4,7-14,20H2;2*1H. The van der Waals surface area contributed by atoms with Gasteiger partial charge in [0.2, 0.25) is 5.91 Å². The van der Waals surface area contributed by atoms with E-state index in [0.29, 0.717) is 24.7 Å². The molecular weight excluding hydrogens is 378 g/mol. The molecule has 1 aromatic rings. The Morgan fingerprint density at radius 3 is 2.46 bits per heavy atom. The van der Waals surface area contributed by atoms with Gasteiger partial charge in [-0.05, 0) is 25.0 Å². The topological polar surface area (TPSA) is 52.8 Å². The van der Waals surface area contributed by atoms with Crippen molar-refractivity contribution in [3.63, 3.8) is 0 Å². The van der Waals surface area contributed by atoms with Crippen LogP contribution in [0.15, 0.2) is 24.3 Å². The van der Waals surface area contributed by atoms with Crippen LogP contribution in [0.25, 0.3) is 0 Å². The number of rotatable bonds is 4. The summed E-state index contributed by atoms with van der Waals surface area (Å²) in [6.07, 6.45) is 2.62. The molecule has 0 bridgehead atoms. The Balaban J connectivity index is 0.00000169. The molecule has 2 heterocycles. The molecule has 0 aliphatic carbocycles. The zero-order valence-corrected chi connectivity index (χ0v) is 16.6. The molecule has 1 amide bonds. The van der Waals surface area contributed by atoms with Gasteiger partial charge in [0.05, 0.1) is 5.69 Å². The number of carbonyl (C=O) groups excluding carboxylic acids is 1. The number of benzene rings is 1. The van der Waals surface area contributed by atoms with Crippen LogP contribution in [0.5, 0.6) is 0 Å². The molecule has 5 nitrogen and oxygen atoms in total. The number of hydrogen-bond donors (Lipinski definition) is 1. The first kappa shape index (κ1) is 23.0. The van der Waals surface area contributed by atoms with Crippen LogP contribution in [-0.2, 0) is 4.79 Å². The van der Waals surface area contributed by atoms with Crippen LogP contribution in [0, 0.1) is 5.82 Å². The normalized spacial score (nSPS) is 20.9. The highest BCUT2D eigenvalue weighted by Crippen LogP contribution is 2.23. The molecule has 1 atom stereocenters. The maximum absolute atomic E-state index is 13.9. The van der Waals surface area contributed by atoms with Crippen LogP contribution in [0.1, 0.15) is 19.3 Å². The first-order valence-corrected chi connectivity index (χ1v) is 8.90. The van der Waals surface area contributed by atoms with Gasteiger partial charge in [0.15, 0.2) is 0 Å². The number of hydrogen-bond acceptors (Lipinski definition) is 4. The third kappa shape index (κ3) is 5.46. The van der Waals surface area contributed by atoms with Crippen LogP contribution in [0.4, 0.5) is 10.1 Å². The van der Waals surface area contributed by atoms with Crippen LogP contribution in [-0.4, -0.2) is 67.6 Å². The second-order valence-electron chi connectivity index (χ2n) is 6.65. The highest BCUT2D eigenvalue weighted by Gasteiger charge is 2.30. The van der Waals surface area contributed by atoms with Crippen molar-refractivity contribution in [1.29, 1.82) is 0 Å². The fourth-order valence-corrected chi connectivity index (χ4v) is 3.80. The summed E-state index contributed by atoms with van der Waals surface area (Å²) in [6, 6.07) is 7.39. The maximum Gasteiger partial charge on any atom is 0.223 e. The summed E-state index contributed by atoms with van der Waals surface area (Å²) in [5.74, 6) is 0.0226. The lowest BCUT2D eigenvalue weighted by molar-refractivity contribution is -0.133. The van der Waals surface area contributed by atoms with Crippen LogP contribution >= 0.6 is 24.8 Å². The lowest BCUT2D eigenvalue weighted by Crippen LogP contribution is -2.56. The van der Waals surface area contributed by atoms with Crippen molar-refractivity contribution in [3.8, 4) is 0 Å². The number of carbonyl (C=O) groups is 1. The minimum Gasteiger partial charge on any atom is -0.367 e. The summed E-state index contributed by atoms with van der Waals surface area (Å²) in [4.78, 5) is 18.6. The van der Waals surface area contributed by atoms with Gasteiger partial charge < -0.3 is 15.5 Å². The zero-order chi connectivity index (χ0) is 16.9. The van der Waals surface area contributed by atoms with Gasteiger partial charge in [-0.1, -0.05) is 12.1 Å². The van der Waals surface area contributed by atoms with Crippen molar-refractivity contribution in [2.75, 3.05) is 50.7 Å². The Morgan fingerprint density at radius 1 is 1.12 bits per heavy atom. The van der Waals surface area contributed by atoms with Crippen molar-refractivity contribution in [2.45, 2.75) is 25.3 Å². The fourth-order valence-electron chi connectivity index (χ4n) is 3.80.